The van der Waals surface area contributed by atoms with Gasteiger partial charge in [-0.05, 0) is 77.1 Å². The van der Waals surface area contributed by atoms with Gasteiger partial charge in [0.1, 0.15) is 11.3 Å². The highest BCUT2D eigenvalue weighted by molar-refractivity contribution is 7.85. The van der Waals surface area contributed by atoms with E-state index in [1.54, 1.807) is 24.3 Å². The largest absolute Gasteiger partial charge is 0.456 e. The Kier molecular flexibility index (Phi) is 9.22. The molecule has 0 saturated heterocycles. The lowest BCUT2D eigenvalue weighted by atomic mass is 9.84. The van der Waals surface area contributed by atoms with E-state index in [0.29, 0.717) is 17.7 Å². The molecule has 1 heterocycles. The monoisotopic (exact) mass is 624 g/mol. The van der Waals surface area contributed by atoms with Crippen LogP contribution in [0.4, 0.5) is 5.69 Å². The van der Waals surface area contributed by atoms with Crippen LogP contribution in [0.3, 0.4) is 0 Å². The van der Waals surface area contributed by atoms with Crippen LogP contribution in [0.5, 0.6) is 0 Å². The van der Waals surface area contributed by atoms with Crippen LogP contribution in [0, 0.1) is 0 Å². The molecule has 4 aromatic carbocycles. The van der Waals surface area contributed by atoms with Crippen LogP contribution < -0.4 is 10.6 Å². The Hall–Kier alpha value is -4.73. The zero-order valence-electron chi connectivity index (χ0n) is 25.4. The second kappa shape index (κ2) is 13.1. The van der Waals surface area contributed by atoms with Crippen molar-refractivity contribution < 1.29 is 27.0 Å². The predicted octanol–water partition coefficient (Wildman–Crippen LogP) is 6.98. The van der Waals surface area contributed by atoms with Crippen LogP contribution in [-0.4, -0.2) is 37.1 Å². The smallest absolute Gasteiger partial charge is 0.266 e. The lowest BCUT2D eigenvalue weighted by Gasteiger charge is -2.22. The predicted molar refractivity (Wildman–Crippen MR) is 177 cm³/mol. The van der Waals surface area contributed by atoms with Crippen LogP contribution >= 0.6 is 0 Å². The van der Waals surface area contributed by atoms with Crippen LogP contribution in [0.25, 0.3) is 22.3 Å². The van der Waals surface area contributed by atoms with Gasteiger partial charge in [0.2, 0.25) is 5.91 Å². The average molecular weight is 625 g/mol. The highest BCUT2D eigenvalue weighted by atomic mass is 32.2. The van der Waals surface area contributed by atoms with Gasteiger partial charge in [0, 0.05) is 28.7 Å². The van der Waals surface area contributed by atoms with E-state index in [-0.39, 0.29) is 17.9 Å². The minimum Gasteiger partial charge on any atom is -0.456 e. The van der Waals surface area contributed by atoms with Crippen molar-refractivity contribution in [2.75, 3.05) is 17.6 Å². The number of para-hydroxylation sites is 1. The fourth-order valence-corrected chi connectivity index (χ4v) is 5.43. The molecule has 1 unspecified atom stereocenters. The molecule has 0 saturated carbocycles. The van der Waals surface area contributed by atoms with E-state index in [4.69, 9.17) is 8.97 Å². The van der Waals surface area contributed by atoms with Gasteiger partial charge in [-0.2, -0.15) is 8.42 Å². The molecule has 0 bridgehead atoms. The molecule has 2 amide bonds. The topological polar surface area (TPSA) is 126 Å². The van der Waals surface area contributed by atoms with Crippen molar-refractivity contribution >= 4 is 38.6 Å². The summed E-state index contributed by atoms with van der Waals surface area (Å²) in [7, 11) is -4.17. The number of nitrogens with one attached hydrogen (secondary N) is 2. The van der Waals surface area contributed by atoms with Crippen molar-refractivity contribution in [3.8, 4) is 11.3 Å². The Labute approximate surface area is 263 Å². The van der Waals surface area contributed by atoms with E-state index in [1.165, 1.54) is 0 Å². The van der Waals surface area contributed by atoms with Crippen molar-refractivity contribution in [3.63, 3.8) is 0 Å². The quantitative estimate of drug-likeness (QED) is 0.144. The molecule has 5 aromatic rings. The third-order valence-electron chi connectivity index (χ3n) is 7.66. The summed E-state index contributed by atoms with van der Waals surface area (Å²) in [5.41, 5.74) is 5.57. The number of hydrogen-bond acceptors (Lipinski definition) is 5. The molecular formula is C36H36N2O6S. The van der Waals surface area contributed by atoms with Crippen LogP contribution in [0.2, 0.25) is 0 Å². The van der Waals surface area contributed by atoms with E-state index < -0.39 is 27.7 Å². The van der Waals surface area contributed by atoms with Gasteiger partial charge in [0.25, 0.3) is 16.0 Å². The van der Waals surface area contributed by atoms with Gasteiger partial charge in [-0.25, -0.2) is 0 Å². The first-order chi connectivity index (χ1) is 21.4. The molecule has 0 aliphatic rings. The summed E-state index contributed by atoms with van der Waals surface area (Å²) in [6.07, 6.45) is 0.391. The number of anilines is 1. The number of carbonyl (C=O) groups excluding carboxylic acids is 2. The number of amides is 2. The highest BCUT2D eigenvalue weighted by Crippen LogP contribution is 2.30. The van der Waals surface area contributed by atoms with Gasteiger partial charge >= 0.3 is 0 Å². The summed E-state index contributed by atoms with van der Waals surface area (Å²) < 4.78 is 36.7. The maximum Gasteiger partial charge on any atom is 0.266 e. The molecular weight excluding hydrogens is 588 g/mol. The lowest BCUT2D eigenvalue weighted by molar-refractivity contribution is -0.117. The number of fused-ring (bicyclic) bond motifs is 1. The van der Waals surface area contributed by atoms with Crippen molar-refractivity contribution in [2.45, 2.75) is 38.5 Å². The fraction of sp³-hybridized carbons (Fsp3) is 0.222. The summed E-state index contributed by atoms with van der Waals surface area (Å²) in [4.78, 5) is 26.2. The molecule has 5 rings (SSSR count). The number of rotatable bonds is 10. The summed E-state index contributed by atoms with van der Waals surface area (Å²) >= 11 is 0. The van der Waals surface area contributed by atoms with Crippen LogP contribution in [-0.2, 0) is 26.7 Å². The van der Waals surface area contributed by atoms with E-state index in [1.807, 2.05) is 66.7 Å². The zero-order chi connectivity index (χ0) is 32.2. The summed E-state index contributed by atoms with van der Waals surface area (Å²) in [6.45, 7) is 6.22. The number of furan rings is 1. The van der Waals surface area contributed by atoms with E-state index in [9.17, 15) is 18.0 Å². The van der Waals surface area contributed by atoms with Gasteiger partial charge in [-0.1, -0.05) is 75.4 Å². The zero-order valence-corrected chi connectivity index (χ0v) is 26.2. The molecule has 232 valence electrons. The Morgan fingerprint density at radius 1 is 0.867 bits per heavy atom. The standard InChI is InChI=1S/C36H36N2O6S/c1-36(2,3)29-16-12-25(13-17-29)31(22-24-8-10-27(11-9-24)34(39)37-20-21-45(41,42)43)35(40)38-30-18-14-26(15-19-30)33-23-28-6-4-5-7-32(28)44-33/h4-19,23,31H,20-22H2,1-3H3,(H,37,39)(H,38,40)(H,41,42,43). The maximum atomic E-state index is 13.8. The molecule has 0 aliphatic carbocycles. The first-order valence-corrected chi connectivity index (χ1v) is 16.3. The van der Waals surface area contributed by atoms with Crippen LogP contribution in [0.1, 0.15) is 53.7 Å². The number of carbonyl (C=O) groups is 2. The molecule has 1 aromatic heterocycles. The first-order valence-electron chi connectivity index (χ1n) is 14.7. The molecule has 0 radical (unpaired) electrons. The minimum atomic E-state index is -4.17. The highest BCUT2D eigenvalue weighted by Gasteiger charge is 2.23. The SMILES string of the molecule is CC(C)(C)c1ccc(C(Cc2ccc(C(=O)NCCS(=O)(=O)O)cc2)C(=O)Nc2ccc(-c3cc4ccccc4o3)cc2)cc1. The average Bonchev–Trinajstić information content (AvgIpc) is 3.44. The van der Waals surface area contributed by atoms with E-state index >= 15 is 0 Å². The van der Waals surface area contributed by atoms with Gasteiger partial charge in [-0.15, -0.1) is 0 Å². The molecule has 3 N–H and O–H groups in total. The summed E-state index contributed by atoms with van der Waals surface area (Å²) in [5, 5.41) is 6.57. The third-order valence-corrected chi connectivity index (χ3v) is 8.38. The minimum absolute atomic E-state index is 0.0321. The molecule has 45 heavy (non-hydrogen) atoms. The Bertz CT molecular complexity index is 1870. The number of hydrogen-bond donors (Lipinski definition) is 3. The van der Waals surface area contributed by atoms with Crippen molar-refractivity contribution in [3.05, 3.63) is 125 Å². The molecule has 0 spiro atoms. The van der Waals surface area contributed by atoms with Gasteiger partial charge in [0.05, 0.1) is 11.7 Å². The van der Waals surface area contributed by atoms with Crippen molar-refractivity contribution in [2.24, 2.45) is 0 Å². The second-order valence-corrected chi connectivity index (χ2v) is 13.7. The van der Waals surface area contributed by atoms with Crippen LogP contribution in [0.15, 0.2) is 108 Å². The molecule has 0 fully saturated rings. The van der Waals surface area contributed by atoms with Crippen molar-refractivity contribution in [1.82, 2.24) is 5.32 Å². The lowest BCUT2D eigenvalue weighted by Crippen LogP contribution is -2.28. The molecule has 1 atom stereocenters. The fourth-order valence-electron chi connectivity index (χ4n) is 5.07. The van der Waals surface area contributed by atoms with Gasteiger partial charge < -0.3 is 15.1 Å². The number of benzene rings is 4. The normalized spacial score (nSPS) is 12.5. The maximum absolute atomic E-state index is 13.8. The Balaban J connectivity index is 1.33. The van der Waals surface area contributed by atoms with Gasteiger partial charge in [0.15, 0.2) is 0 Å². The molecule has 9 heteroatoms. The molecule has 8 nitrogen and oxygen atoms in total. The summed E-state index contributed by atoms with van der Waals surface area (Å²) in [6, 6.07) is 32.3. The van der Waals surface area contributed by atoms with E-state index in [2.05, 4.69) is 43.5 Å². The van der Waals surface area contributed by atoms with Gasteiger partial charge in [-0.3, -0.25) is 14.1 Å². The van der Waals surface area contributed by atoms with E-state index in [0.717, 1.165) is 39.0 Å². The Morgan fingerprint density at radius 2 is 1.53 bits per heavy atom. The molecule has 0 aliphatic heterocycles. The second-order valence-electron chi connectivity index (χ2n) is 12.1. The summed E-state index contributed by atoms with van der Waals surface area (Å²) in [5.74, 6) is -0.945. The first kappa shape index (κ1) is 31.7. The van der Waals surface area contributed by atoms with Crippen molar-refractivity contribution in [1.29, 1.82) is 0 Å². The Morgan fingerprint density at radius 3 is 2.16 bits per heavy atom. The third kappa shape index (κ3) is 8.26.